The monoisotopic (exact) mass is 246 g/mol. The third kappa shape index (κ3) is 3.05. The number of nitrogens with one attached hydrogen (secondary N) is 1. The number of benzene rings is 1. The van der Waals surface area contributed by atoms with E-state index in [2.05, 4.69) is 55.4 Å². The molecule has 1 unspecified atom stereocenters. The highest BCUT2D eigenvalue weighted by Gasteiger charge is 2.28. The van der Waals surface area contributed by atoms with Gasteiger partial charge in [-0.2, -0.15) is 0 Å². The van der Waals surface area contributed by atoms with Crippen molar-refractivity contribution in [2.45, 2.75) is 51.6 Å². The summed E-state index contributed by atoms with van der Waals surface area (Å²) in [5, 5.41) is 3.66. The minimum absolute atomic E-state index is 0.488. The Morgan fingerprint density at radius 2 is 2.00 bits per heavy atom. The normalized spacial score (nSPS) is 16.6. The zero-order chi connectivity index (χ0) is 13.0. The molecule has 2 heteroatoms. The molecule has 0 radical (unpaired) electrons. The smallest absolute Gasteiger partial charge is 0.0414 e. The van der Waals surface area contributed by atoms with Crippen LogP contribution in [0.5, 0.6) is 0 Å². The van der Waals surface area contributed by atoms with Gasteiger partial charge >= 0.3 is 0 Å². The quantitative estimate of drug-likeness (QED) is 0.788. The molecule has 1 aromatic carbocycles. The molecule has 0 heterocycles. The molecule has 1 atom stereocenters. The molecule has 1 fully saturated rings. The summed E-state index contributed by atoms with van der Waals surface area (Å²) in [4.78, 5) is 2.46. The van der Waals surface area contributed by atoms with E-state index in [1.54, 1.807) is 0 Å². The van der Waals surface area contributed by atoms with E-state index in [0.717, 1.165) is 19.0 Å². The highest BCUT2D eigenvalue weighted by Crippen LogP contribution is 2.35. The van der Waals surface area contributed by atoms with Crippen LogP contribution < -0.4 is 10.2 Å². The van der Waals surface area contributed by atoms with Crippen LogP contribution in [0.3, 0.4) is 0 Å². The van der Waals surface area contributed by atoms with Gasteiger partial charge in [0.2, 0.25) is 0 Å². The summed E-state index contributed by atoms with van der Waals surface area (Å²) in [5.74, 6) is 0. The van der Waals surface area contributed by atoms with Crippen molar-refractivity contribution in [3.05, 3.63) is 29.8 Å². The van der Waals surface area contributed by atoms with Crippen molar-refractivity contribution in [1.82, 2.24) is 5.32 Å². The van der Waals surface area contributed by atoms with Crippen LogP contribution in [0.2, 0.25) is 0 Å². The van der Waals surface area contributed by atoms with Gasteiger partial charge in [-0.25, -0.2) is 0 Å². The Kier molecular flexibility index (Phi) is 4.65. The standard InChI is InChI=1S/C16H26N2/c1-4-12-17-15(5-2)14-8-6-7-9-16(14)18(3)13-10-11-13/h6-9,13,15,17H,4-5,10-12H2,1-3H3. The maximum Gasteiger partial charge on any atom is 0.0414 e. The predicted molar refractivity (Wildman–Crippen MR) is 79.2 cm³/mol. The molecule has 1 N–H and O–H groups in total. The SMILES string of the molecule is CCCNC(CC)c1ccccc1N(C)C1CC1. The van der Waals surface area contributed by atoms with Gasteiger partial charge in [-0.1, -0.05) is 32.0 Å². The zero-order valence-electron chi connectivity index (χ0n) is 11.9. The second-order valence-corrected chi connectivity index (χ2v) is 5.32. The molecular weight excluding hydrogens is 220 g/mol. The summed E-state index contributed by atoms with van der Waals surface area (Å²) in [6.07, 6.45) is 5.04. The van der Waals surface area contributed by atoms with E-state index in [1.807, 2.05) is 0 Å². The van der Waals surface area contributed by atoms with Crippen LogP contribution in [-0.4, -0.2) is 19.6 Å². The number of nitrogens with zero attached hydrogens (tertiary/aromatic N) is 1. The van der Waals surface area contributed by atoms with Crippen LogP contribution >= 0.6 is 0 Å². The lowest BCUT2D eigenvalue weighted by molar-refractivity contribution is 0.518. The van der Waals surface area contributed by atoms with E-state index in [-0.39, 0.29) is 0 Å². The molecule has 0 amide bonds. The lowest BCUT2D eigenvalue weighted by Gasteiger charge is -2.26. The fourth-order valence-corrected chi connectivity index (χ4v) is 2.55. The maximum atomic E-state index is 3.66. The Morgan fingerprint density at radius 3 is 2.61 bits per heavy atom. The minimum atomic E-state index is 0.488. The minimum Gasteiger partial charge on any atom is -0.371 e. The van der Waals surface area contributed by atoms with Crippen molar-refractivity contribution < 1.29 is 0 Å². The average Bonchev–Trinajstić information content (AvgIpc) is 3.24. The highest BCUT2D eigenvalue weighted by atomic mass is 15.2. The number of anilines is 1. The number of hydrogen-bond donors (Lipinski definition) is 1. The summed E-state index contributed by atoms with van der Waals surface area (Å²) < 4.78 is 0. The summed E-state index contributed by atoms with van der Waals surface area (Å²) in [5.41, 5.74) is 2.87. The van der Waals surface area contributed by atoms with Gasteiger partial charge in [0.05, 0.1) is 0 Å². The third-order valence-corrected chi connectivity index (χ3v) is 3.84. The van der Waals surface area contributed by atoms with Gasteiger partial charge in [-0.05, 0) is 43.9 Å². The summed E-state index contributed by atoms with van der Waals surface area (Å²) in [6.45, 7) is 5.59. The van der Waals surface area contributed by atoms with Crippen LogP contribution in [-0.2, 0) is 0 Å². The first-order valence-corrected chi connectivity index (χ1v) is 7.33. The van der Waals surface area contributed by atoms with Crippen molar-refractivity contribution in [2.75, 3.05) is 18.5 Å². The predicted octanol–water partition coefficient (Wildman–Crippen LogP) is 3.74. The molecule has 1 aromatic rings. The lowest BCUT2D eigenvalue weighted by atomic mass is 10.0. The van der Waals surface area contributed by atoms with Crippen molar-refractivity contribution in [1.29, 1.82) is 0 Å². The van der Waals surface area contributed by atoms with Crippen molar-refractivity contribution in [3.8, 4) is 0 Å². The first kappa shape index (κ1) is 13.4. The summed E-state index contributed by atoms with van der Waals surface area (Å²) >= 11 is 0. The second kappa shape index (κ2) is 6.24. The highest BCUT2D eigenvalue weighted by molar-refractivity contribution is 5.56. The van der Waals surface area contributed by atoms with Gasteiger partial charge in [0.15, 0.2) is 0 Å². The summed E-state index contributed by atoms with van der Waals surface area (Å²) in [7, 11) is 2.24. The number of rotatable bonds is 7. The molecule has 0 bridgehead atoms. The molecule has 0 aromatic heterocycles. The lowest BCUT2D eigenvalue weighted by Crippen LogP contribution is -2.26. The van der Waals surface area contributed by atoms with Gasteiger partial charge in [0.1, 0.15) is 0 Å². The zero-order valence-corrected chi connectivity index (χ0v) is 11.9. The van der Waals surface area contributed by atoms with E-state index in [9.17, 15) is 0 Å². The Balaban J connectivity index is 2.18. The third-order valence-electron chi connectivity index (χ3n) is 3.84. The number of hydrogen-bond acceptors (Lipinski definition) is 2. The van der Waals surface area contributed by atoms with Crippen molar-refractivity contribution in [3.63, 3.8) is 0 Å². The second-order valence-electron chi connectivity index (χ2n) is 5.32. The van der Waals surface area contributed by atoms with Crippen LogP contribution in [0, 0.1) is 0 Å². The number of para-hydroxylation sites is 1. The fourth-order valence-electron chi connectivity index (χ4n) is 2.55. The molecular formula is C16H26N2. The first-order chi connectivity index (χ1) is 8.77. The maximum absolute atomic E-state index is 3.66. The van der Waals surface area contributed by atoms with Gasteiger partial charge in [0.25, 0.3) is 0 Å². The molecule has 1 aliphatic carbocycles. The van der Waals surface area contributed by atoms with Gasteiger partial charge in [-0.15, -0.1) is 0 Å². The Hall–Kier alpha value is -1.02. The van der Waals surface area contributed by atoms with E-state index in [1.165, 1.54) is 30.5 Å². The Bertz CT molecular complexity index is 371. The van der Waals surface area contributed by atoms with Crippen molar-refractivity contribution in [2.24, 2.45) is 0 Å². The van der Waals surface area contributed by atoms with E-state index in [4.69, 9.17) is 0 Å². The Morgan fingerprint density at radius 1 is 1.28 bits per heavy atom. The molecule has 0 aliphatic heterocycles. The van der Waals surface area contributed by atoms with Gasteiger partial charge in [0, 0.05) is 24.8 Å². The van der Waals surface area contributed by atoms with Crippen LogP contribution in [0.25, 0.3) is 0 Å². The topological polar surface area (TPSA) is 15.3 Å². The van der Waals surface area contributed by atoms with Crippen LogP contribution in [0.1, 0.15) is 51.1 Å². The fraction of sp³-hybridized carbons (Fsp3) is 0.625. The van der Waals surface area contributed by atoms with Gasteiger partial charge < -0.3 is 10.2 Å². The molecule has 0 spiro atoms. The average molecular weight is 246 g/mol. The molecule has 1 aliphatic rings. The molecule has 1 saturated carbocycles. The molecule has 0 saturated heterocycles. The van der Waals surface area contributed by atoms with Gasteiger partial charge in [-0.3, -0.25) is 0 Å². The first-order valence-electron chi connectivity index (χ1n) is 7.33. The summed E-state index contributed by atoms with van der Waals surface area (Å²) in [6, 6.07) is 10.1. The van der Waals surface area contributed by atoms with E-state index < -0.39 is 0 Å². The molecule has 2 rings (SSSR count). The van der Waals surface area contributed by atoms with E-state index >= 15 is 0 Å². The molecule has 18 heavy (non-hydrogen) atoms. The largest absolute Gasteiger partial charge is 0.371 e. The Labute approximate surface area is 111 Å². The molecule has 2 nitrogen and oxygen atoms in total. The van der Waals surface area contributed by atoms with E-state index in [0.29, 0.717) is 6.04 Å². The van der Waals surface area contributed by atoms with Crippen LogP contribution in [0.15, 0.2) is 24.3 Å². The van der Waals surface area contributed by atoms with Crippen molar-refractivity contribution >= 4 is 5.69 Å². The van der Waals surface area contributed by atoms with Crippen LogP contribution in [0.4, 0.5) is 5.69 Å². The molecule has 100 valence electrons.